The molecule has 5 heteroatoms. The average Bonchev–Trinajstić information content (AvgIpc) is 3.02. The number of benzene rings is 2. The summed E-state index contributed by atoms with van der Waals surface area (Å²) in [7, 11) is 1.85. The van der Waals surface area contributed by atoms with Crippen LogP contribution in [-0.4, -0.2) is 29.4 Å². The van der Waals surface area contributed by atoms with E-state index in [9.17, 15) is 4.79 Å². The first-order valence-corrected chi connectivity index (χ1v) is 9.00. The predicted octanol–water partition coefficient (Wildman–Crippen LogP) is 3.93. The van der Waals surface area contributed by atoms with E-state index >= 15 is 0 Å². The molecule has 1 aliphatic heterocycles. The number of carbonyl (C=O) groups is 1. The summed E-state index contributed by atoms with van der Waals surface area (Å²) in [5.74, 6) is 0.0646. The van der Waals surface area contributed by atoms with Gasteiger partial charge in [0.05, 0.1) is 16.8 Å². The van der Waals surface area contributed by atoms with E-state index in [-0.39, 0.29) is 5.91 Å². The van der Waals surface area contributed by atoms with Crippen molar-refractivity contribution in [3.63, 3.8) is 0 Å². The quantitative estimate of drug-likeness (QED) is 0.788. The van der Waals surface area contributed by atoms with Gasteiger partial charge in [0.15, 0.2) is 0 Å². The second-order valence-electron chi connectivity index (χ2n) is 6.10. The minimum Gasteiger partial charge on any atom is -0.385 e. The molecule has 0 aliphatic carbocycles. The van der Waals surface area contributed by atoms with Crippen LogP contribution < -0.4 is 5.32 Å². The third-order valence-electron chi connectivity index (χ3n) is 4.38. The summed E-state index contributed by atoms with van der Waals surface area (Å²) in [6.45, 7) is 1.52. The van der Waals surface area contributed by atoms with Crippen molar-refractivity contribution in [3.8, 4) is 0 Å². The number of para-hydroxylation sites is 1. The van der Waals surface area contributed by atoms with Gasteiger partial charge in [0.25, 0.3) is 5.91 Å². The minimum atomic E-state index is 0.0646. The first-order valence-electron chi connectivity index (χ1n) is 8.18. The molecule has 0 spiro atoms. The third kappa shape index (κ3) is 2.76. The molecule has 2 aromatic carbocycles. The number of aromatic nitrogens is 1. The van der Waals surface area contributed by atoms with Gasteiger partial charge in [0, 0.05) is 24.8 Å². The first kappa shape index (κ1) is 15.1. The second-order valence-corrected chi connectivity index (χ2v) is 7.21. The van der Waals surface area contributed by atoms with Crippen molar-refractivity contribution in [1.82, 2.24) is 9.88 Å². The zero-order valence-electron chi connectivity index (χ0n) is 13.6. The summed E-state index contributed by atoms with van der Waals surface area (Å²) < 4.78 is 1.16. The Hall–Kier alpha value is -2.40. The predicted molar refractivity (Wildman–Crippen MR) is 98.7 cm³/mol. The number of rotatable bonds is 3. The number of nitrogens with zero attached hydrogens (tertiary/aromatic N) is 2. The van der Waals surface area contributed by atoms with Crippen LogP contribution in [0.15, 0.2) is 42.5 Å². The Bertz CT molecular complexity index is 870. The number of hydrogen-bond donors (Lipinski definition) is 1. The van der Waals surface area contributed by atoms with E-state index in [2.05, 4.69) is 22.4 Å². The lowest BCUT2D eigenvalue weighted by Crippen LogP contribution is -2.28. The monoisotopic (exact) mass is 337 g/mol. The van der Waals surface area contributed by atoms with Crippen LogP contribution in [0.2, 0.25) is 0 Å². The lowest BCUT2D eigenvalue weighted by molar-refractivity contribution is 0.0784. The fourth-order valence-corrected chi connectivity index (χ4v) is 4.20. The smallest absolute Gasteiger partial charge is 0.254 e. The molecule has 1 amide bonds. The van der Waals surface area contributed by atoms with Gasteiger partial charge in [-0.3, -0.25) is 4.79 Å². The van der Waals surface area contributed by atoms with Crippen molar-refractivity contribution in [2.75, 3.05) is 18.9 Å². The number of anilines is 1. The third-order valence-corrected chi connectivity index (χ3v) is 5.40. The highest BCUT2D eigenvalue weighted by Crippen LogP contribution is 2.27. The van der Waals surface area contributed by atoms with Crippen molar-refractivity contribution in [2.45, 2.75) is 19.4 Å². The Kier molecular flexibility index (Phi) is 3.94. The van der Waals surface area contributed by atoms with Gasteiger partial charge in [0.1, 0.15) is 5.01 Å². The molecule has 0 atom stereocenters. The molecule has 2 heterocycles. The molecule has 1 aromatic heterocycles. The molecule has 1 N–H and O–H groups in total. The fourth-order valence-electron chi connectivity index (χ4n) is 3.18. The highest BCUT2D eigenvalue weighted by atomic mass is 32.1. The summed E-state index contributed by atoms with van der Waals surface area (Å²) in [5.41, 5.74) is 4.05. The molecular formula is C19H19N3OS. The van der Waals surface area contributed by atoms with Crippen molar-refractivity contribution in [2.24, 2.45) is 0 Å². The largest absolute Gasteiger partial charge is 0.385 e. The topological polar surface area (TPSA) is 45.2 Å². The number of fused-ring (bicyclic) bond motifs is 2. The first-order chi connectivity index (χ1) is 11.7. The summed E-state index contributed by atoms with van der Waals surface area (Å²) >= 11 is 1.65. The summed E-state index contributed by atoms with van der Waals surface area (Å²) in [6.07, 6.45) is 2.03. The van der Waals surface area contributed by atoms with Crippen LogP contribution in [0.25, 0.3) is 10.2 Å². The fraction of sp³-hybridized carbons (Fsp3) is 0.263. The zero-order chi connectivity index (χ0) is 16.5. The molecule has 1 aliphatic rings. The number of thiazole rings is 1. The van der Waals surface area contributed by atoms with Crippen LogP contribution in [0, 0.1) is 0 Å². The van der Waals surface area contributed by atoms with Gasteiger partial charge in [-0.1, -0.05) is 18.2 Å². The van der Waals surface area contributed by atoms with E-state index < -0.39 is 0 Å². The Balaban J connectivity index is 1.58. The molecule has 24 heavy (non-hydrogen) atoms. The molecule has 0 fully saturated rings. The Morgan fingerprint density at radius 3 is 3.00 bits per heavy atom. The Labute approximate surface area is 145 Å². The maximum Gasteiger partial charge on any atom is 0.254 e. The van der Waals surface area contributed by atoms with Gasteiger partial charge in [-0.25, -0.2) is 4.98 Å². The standard InChI is InChI=1S/C19H19N3OS/c1-22(12-18-21-16-8-2-3-10-17(16)24-18)19(23)14-6-4-9-15-13(14)7-5-11-20-15/h2-4,6,8-10,20H,5,7,11-12H2,1H3. The van der Waals surface area contributed by atoms with Crippen LogP contribution in [0.4, 0.5) is 5.69 Å². The van der Waals surface area contributed by atoms with Crippen molar-refractivity contribution >= 4 is 33.1 Å². The maximum absolute atomic E-state index is 12.9. The van der Waals surface area contributed by atoms with E-state index in [0.717, 1.165) is 51.4 Å². The van der Waals surface area contributed by atoms with Gasteiger partial charge in [-0.15, -0.1) is 11.3 Å². The number of amides is 1. The molecule has 3 aromatic rings. The van der Waals surface area contributed by atoms with Crippen LogP contribution in [0.1, 0.15) is 27.3 Å². The van der Waals surface area contributed by atoms with Crippen LogP contribution in [-0.2, 0) is 13.0 Å². The SMILES string of the molecule is CN(Cc1nc2ccccc2s1)C(=O)c1cccc2c1CCCN2. The molecule has 122 valence electrons. The summed E-state index contributed by atoms with van der Waals surface area (Å²) in [6, 6.07) is 14.0. The lowest BCUT2D eigenvalue weighted by Gasteiger charge is -2.23. The molecule has 0 unspecified atom stereocenters. The Morgan fingerprint density at radius 2 is 2.12 bits per heavy atom. The normalized spacial score (nSPS) is 13.4. The molecular weight excluding hydrogens is 318 g/mol. The summed E-state index contributed by atoms with van der Waals surface area (Å²) in [5, 5.41) is 4.35. The van der Waals surface area contributed by atoms with Crippen molar-refractivity contribution < 1.29 is 4.79 Å². The number of carbonyl (C=O) groups excluding carboxylic acids is 1. The second kappa shape index (κ2) is 6.24. The highest BCUT2D eigenvalue weighted by Gasteiger charge is 2.20. The molecule has 0 saturated carbocycles. The number of nitrogens with one attached hydrogen (secondary N) is 1. The van der Waals surface area contributed by atoms with Crippen LogP contribution >= 0.6 is 11.3 Å². The van der Waals surface area contributed by atoms with Crippen LogP contribution in [0.5, 0.6) is 0 Å². The minimum absolute atomic E-state index is 0.0646. The van der Waals surface area contributed by atoms with E-state index in [4.69, 9.17) is 0 Å². The molecule has 0 saturated heterocycles. The average molecular weight is 337 g/mol. The van der Waals surface area contributed by atoms with Gasteiger partial charge in [0.2, 0.25) is 0 Å². The molecule has 0 radical (unpaired) electrons. The molecule has 4 nitrogen and oxygen atoms in total. The van der Waals surface area contributed by atoms with Gasteiger partial charge < -0.3 is 10.2 Å². The van der Waals surface area contributed by atoms with Gasteiger partial charge >= 0.3 is 0 Å². The van der Waals surface area contributed by atoms with Crippen molar-refractivity contribution in [3.05, 3.63) is 58.6 Å². The van der Waals surface area contributed by atoms with E-state index in [1.807, 2.05) is 37.4 Å². The molecule has 4 rings (SSSR count). The number of hydrogen-bond acceptors (Lipinski definition) is 4. The highest BCUT2D eigenvalue weighted by molar-refractivity contribution is 7.18. The zero-order valence-corrected chi connectivity index (χ0v) is 14.4. The van der Waals surface area contributed by atoms with E-state index in [0.29, 0.717) is 6.54 Å². The van der Waals surface area contributed by atoms with E-state index in [1.54, 1.807) is 16.2 Å². The van der Waals surface area contributed by atoms with E-state index in [1.165, 1.54) is 0 Å². The lowest BCUT2D eigenvalue weighted by atomic mass is 9.97. The maximum atomic E-state index is 12.9. The summed E-state index contributed by atoms with van der Waals surface area (Å²) in [4.78, 5) is 19.3. The molecule has 0 bridgehead atoms. The van der Waals surface area contributed by atoms with Crippen molar-refractivity contribution in [1.29, 1.82) is 0 Å². The van der Waals surface area contributed by atoms with Gasteiger partial charge in [-0.05, 0) is 42.7 Å². The van der Waals surface area contributed by atoms with Crippen LogP contribution in [0.3, 0.4) is 0 Å². The van der Waals surface area contributed by atoms with Gasteiger partial charge in [-0.2, -0.15) is 0 Å². The Morgan fingerprint density at radius 1 is 1.25 bits per heavy atom.